The van der Waals surface area contributed by atoms with Gasteiger partial charge in [-0.25, -0.2) is 4.79 Å². The number of aliphatic carboxylic acids is 1. The van der Waals surface area contributed by atoms with Crippen molar-refractivity contribution in [3.05, 3.63) is 24.3 Å². The lowest BCUT2D eigenvalue weighted by atomic mass is 10.1. The van der Waals surface area contributed by atoms with Crippen LogP contribution in [0.3, 0.4) is 0 Å². The molecule has 2 N–H and O–H groups in total. The molecule has 1 heterocycles. The maximum Gasteiger partial charge on any atom is 0.407 e. The number of hydrogen-bond acceptors (Lipinski definition) is 12. The number of nitrogens with zero attached hydrogens (tertiary/aromatic N) is 1. The molecular weight excluding hydrogens is 785 g/mol. The molecule has 352 valence electrons. The first-order valence-electron chi connectivity index (χ1n) is 23.5. The normalized spacial score (nSPS) is 14.1. The van der Waals surface area contributed by atoms with Gasteiger partial charge < -0.3 is 43.7 Å². The number of unbranched alkanes of at least 4 members (excludes halogenated alkanes) is 8. The first kappa shape index (κ1) is 55.5. The molecule has 2 unspecified atom stereocenters. The van der Waals surface area contributed by atoms with Crippen molar-refractivity contribution in [1.82, 2.24) is 10.2 Å². The number of esters is 3. The van der Waals surface area contributed by atoms with Crippen molar-refractivity contribution >= 4 is 30.0 Å². The van der Waals surface area contributed by atoms with E-state index in [2.05, 4.69) is 55.3 Å². The lowest BCUT2D eigenvalue weighted by Crippen LogP contribution is -2.35. The van der Waals surface area contributed by atoms with Crippen LogP contribution < -0.4 is 5.32 Å². The molecule has 1 saturated heterocycles. The second-order valence-electron chi connectivity index (χ2n) is 15.9. The number of likely N-dealkylation sites (tertiary alicyclic amines) is 1. The van der Waals surface area contributed by atoms with Crippen molar-refractivity contribution in [3.63, 3.8) is 0 Å². The molecule has 0 spiro atoms. The van der Waals surface area contributed by atoms with E-state index in [0.717, 1.165) is 90.3 Å². The number of hydrogen-bond donors (Lipinski definition) is 2. The van der Waals surface area contributed by atoms with Crippen LogP contribution in [0.5, 0.6) is 0 Å². The third-order valence-electron chi connectivity index (χ3n) is 10.2. The molecule has 0 aromatic carbocycles. The molecule has 14 heteroatoms. The average Bonchev–Trinajstić information content (AvgIpc) is 3.76. The van der Waals surface area contributed by atoms with Gasteiger partial charge in [0, 0.05) is 52.0 Å². The van der Waals surface area contributed by atoms with Gasteiger partial charge in [-0.15, -0.1) is 0 Å². The highest BCUT2D eigenvalue weighted by Crippen LogP contribution is 2.16. The van der Waals surface area contributed by atoms with Crippen LogP contribution in [0, 0.1) is 5.92 Å². The molecule has 1 amide bonds. The first-order chi connectivity index (χ1) is 29.7. The Hall–Kier alpha value is -3.49. The van der Waals surface area contributed by atoms with Crippen LogP contribution in [0.15, 0.2) is 24.3 Å². The van der Waals surface area contributed by atoms with E-state index >= 15 is 0 Å². The summed E-state index contributed by atoms with van der Waals surface area (Å²) in [5, 5.41) is 11.7. The van der Waals surface area contributed by atoms with Crippen molar-refractivity contribution in [1.29, 1.82) is 0 Å². The van der Waals surface area contributed by atoms with E-state index in [1.165, 1.54) is 12.8 Å². The molecule has 1 aliphatic rings. The third kappa shape index (κ3) is 34.8. The zero-order valence-electron chi connectivity index (χ0n) is 38.1. The average molecular weight is 867 g/mol. The number of allylic oxidation sites excluding steroid dienone is 4. The molecule has 1 fully saturated rings. The molecular formula is C47H82N2O12. The number of alkyl carbamates (subject to hydrolysis) is 1. The van der Waals surface area contributed by atoms with Gasteiger partial charge in [-0.3, -0.25) is 19.2 Å². The van der Waals surface area contributed by atoms with Crippen molar-refractivity contribution < 1.29 is 57.5 Å². The third-order valence-corrected chi connectivity index (χ3v) is 10.2. The van der Waals surface area contributed by atoms with Crippen molar-refractivity contribution in [2.24, 2.45) is 5.92 Å². The highest BCUT2D eigenvalue weighted by molar-refractivity contribution is 5.71. The topological polar surface area (TPSA) is 176 Å². The number of carboxylic acid groups (broad SMARTS) is 1. The number of nitrogens with one attached hydrogen (secondary N) is 1. The number of carbonyl (C=O) groups is 5. The van der Waals surface area contributed by atoms with Crippen LogP contribution in [0.25, 0.3) is 0 Å². The summed E-state index contributed by atoms with van der Waals surface area (Å²) >= 11 is 0. The van der Waals surface area contributed by atoms with E-state index in [0.29, 0.717) is 58.3 Å². The number of amides is 1. The van der Waals surface area contributed by atoms with E-state index in [-0.39, 0.29) is 45.5 Å². The van der Waals surface area contributed by atoms with E-state index in [9.17, 15) is 24.0 Å². The second-order valence-corrected chi connectivity index (χ2v) is 15.9. The Morgan fingerprint density at radius 2 is 1.18 bits per heavy atom. The predicted octanol–water partition coefficient (Wildman–Crippen LogP) is 9.23. The molecule has 0 bridgehead atoms. The number of carboxylic acids is 1. The van der Waals surface area contributed by atoms with Gasteiger partial charge in [-0.1, -0.05) is 64.3 Å². The lowest BCUT2D eigenvalue weighted by molar-refractivity contribution is -0.162. The van der Waals surface area contributed by atoms with Crippen LogP contribution in [0.4, 0.5) is 4.79 Å². The quantitative estimate of drug-likeness (QED) is 0.0196. The Kier molecular flexibility index (Phi) is 35.8. The highest BCUT2D eigenvalue weighted by atomic mass is 16.7. The maximum atomic E-state index is 13.0. The Bertz CT molecular complexity index is 1180. The Morgan fingerprint density at radius 1 is 0.623 bits per heavy atom. The van der Waals surface area contributed by atoms with E-state index in [1.807, 2.05) is 0 Å². The van der Waals surface area contributed by atoms with Gasteiger partial charge in [0.25, 0.3) is 0 Å². The monoisotopic (exact) mass is 867 g/mol. The fourth-order valence-corrected chi connectivity index (χ4v) is 6.57. The summed E-state index contributed by atoms with van der Waals surface area (Å²) in [6.45, 7) is 10.3. The van der Waals surface area contributed by atoms with Crippen LogP contribution in [0.1, 0.15) is 168 Å². The molecule has 61 heavy (non-hydrogen) atoms. The molecule has 0 aliphatic carbocycles. The minimum atomic E-state index is -0.879. The van der Waals surface area contributed by atoms with Crippen LogP contribution in [-0.4, -0.2) is 112 Å². The lowest BCUT2D eigenvalue weighted by Gasteiger charge is -2.20. The van der Waals surface area contributed by atoms with Gasteiger partial charge in [0.1, 0.15) is 25.9 Å². The molecule has 0 aromatic rings. The Balaban J connectivity index is 2.74. The molecule has 1 aliphatic heterocycles. The summed E-state index contributed by atoms with van der Waals surface area (Å²) in [6, 6.07) is 0. The van der Waals surface area contributed by atoms with Gasteiger partial charge in [-0.2, -0.15) is 0 Å². The summed E-state index contributed by atoms with van der Waals surface area (Å²) in [5.41, 5.74) is 0. The zero-order valence-corrected chi connectivity index (χ0v) is 38.1. The van der Waals surface area contributed by atoms with Crippen LogP contribution in [0.2, 0.25) is 0 Å². The molecule has 0 aromatic heterocycles. The minimum Gasteiger partial charge on any atom is -0.481 e. The SMILES string of the molecule is CC/C=C\CCCCOC(CCC(=O)OCC(COC(=O)CCCCCC(=O)O)COC(=O)CCC(CCCCC)OC(=O)NCCN1CCCC1)OCCCC/C=C\CC. The summed E-state index contributed by atoms with van der Waals surface area (Å²) in [4.78, 5) is 64.1. The van der Waals surface area contributed by atoms with Crippen LogP contribution >= 0.6 is 0 Å². The summed E-state index contributed by atoms with van der Waals surface area (Å²) in [6.07, 6.45) is 23.2. The van der Waals surface area contributed by atoms with Gasteiger partial charge >= 0.3 is 30.0 Å². The highest BCUT2D eigenvalue weighted by Gasteiger charge is 2.21. The smallest absolute Gasteiger partial charge is 0.407 e. The fraction of sp³-hybridized carbons (Fsp3) is 0.809. The standard InChI is InChI=1S/C47H82N2O12/c1-4-7-10-12-14-22-35-56-46(57-36-23-15-13-11-8-5-2)30-29-45(54)60-39-40(37-58-43(52)26-19-16-18-25-42(50)51)38-59-44(53)28-27-41(24-17-9-6-3)61-47(55)48-31-34-49-32-20-21-33-49/h7-8,10-11,40-41,46H,4-6,9,12-39H2,1-3H3,(H,48,55)(H,50,51)/b10-7-,11-8-. The van der Waals surface area contributed by atoms with Gasteiger partial charge in [-0.05, 0) is 109 Å². The predicted molar refractivity (Wildman–Crippen MR) is 236 cm³/mol. The van der Waals surface area contributed by atoms with Crippen LogP contribution in [-0.2, 0) is 47.6 Å². The second kappa shape index (κ2) is 39.4. The maximum absolute atomic E-state index is 13.0. The summed E-state index contributed by atoms with van der Waals surface area (Å²) < 4.78 is 34.5. The Labute approximate surface area is 367 Å². The Morgan fingerprint density at radius 3 is 1.74 bits per heavy atom. The van der Waals surface area contributed by atoms with Gasteiger partial charge in [0.05, 0.1) is 12.3 Å². The molecule has 0 saturated carbocycles. The first-order valence-corrected chi connectivity index (χ1v) is 23.5. The number of ether oxygens (including phenoxy) is 6. The van der Waals surface area contributed by atoms with Gasteiger partial charge in [0.15, 0.2) is 6.29 Å². The fourth-order valence-electron chi connectivity index (χ4n) is 6.57. The molecule has 14 nitrogen and oxygen atoms in total. The largest absolute Gasteiger partial charge is 0.481 e. The number of rotatable bonds is 40. The molecule has 1 rings (SSSR count). The van der Waals surface area contributed by atoms with E-state index in [1.54, 1.807) is 0 Å². The van der Waals surface area contributed by atoms with Crippen molar-refractivity contribution in [2.45, 2.75) is 181 Å². The minimum absolute atomic E-state index is 0.0206. The van der Waals surface area contributed by atoms with Crippen molar-refractivity contribution in [2.75, 3.05) is 59.2 Å². The summed E-state index contributed by atoms with van der Waals surface area (Å²) in [5.74, 6) is -2.94. The van der Waals surface area contributed by atoms with E-state index < -0.39 is 48.3 Å². The van der Waals surface area contributed by atoms with E-state index in [4.69, 9.17) is 33.5 Å². The zero-order chi connectivity index (χ0) is 44.6. The molecule has 2 atom stereocenters. The summed E-state index contributed by atoms with van der Waals surface area (Å²) in [7, 11) is 0. The van der Waals surface area contributed by atoms with Crippen molar-refractivity contribution in [3.8, 4) is 0 Å². The molecule has 0 radical (unpaired) electrons. The number of carbonyl (C=O) groups excluding carboxylic acids is 4. The van der Waals surface area contributed by atoms with Gasteiger partial charge in [0.2, 0.25) is 0 Å².